The zero-order valence-electron chi connectivity index (χ0n) is 12.3. The molecule has 0 unspecified atom stereocenters. The third-order valence-corrected chi connectivity index (χ3v) is 3.26. The van der Waals surface area contributed by atoms with Crippen molar-refractivity contribution in [3.05, 3.63) is 47.7 Å². The highest BCUT2D eigenvalue weighted by Crippen LogP contribution is 2.26. The van der Waals surface area contributed by atoms with Crippen molar-refractivity contribution in [3.63, 3.8) is 0 Å². The minimum absolute atomic E-state index is 0.0132. The maximum atomic E-state index is 5.75. The monoisotopic (exact) mass is 310 g/mol. The summed E-state index contributed by atoms with van der Waals surface area (Å²) in [6.45, 7) is 0. The van der Waals surface area contributed by atoms with E-state index in [-0.39, 0.29) is 17.3 Å². The van der Waals surface area contributed by atoms with Crippen LogP contribution in [0.2, 0.25) is 0 Å². The summed E-state index contributed by atoms with van der Waals surface area (Å²) in [5, 5.41) is 16.9. The van der Waals surface area contributed by atoms with Crippen molar-refractivity contribution in [1.29, 1.82) is 0 Å². The van der Waals surface area contributed by atoms with Gasteiger partial charge >= 0.3 is 0 Å². The summed E-state index contributed by atoms with van der Waals surface area (Å²) >= 11 is 0. The van der Waals surface area contributed by atoms with E-state index < -0.39 is 0 Å². The van der Waals surface area contributed by atoms with Crippen LogP contribution in [0.25, 0.3) is 10.8 Å². The predicted molar refractivity (Wildman–Crippen MR) is 87.5 cm³/mol. The van der Waals surface area contributed by atoms with Crippen molar-refractivity contribution in [2.45, 2.75) is 0 Å². The normalized spacial score (nSPS) is 12.1. The molecule has 3 aromatic rings. The van der Waals surface area contributed by atoms with Gasteiger partial charge in [0.15, 0.2) is 17.3 Å². The molecule has 116 valence electrons. The summed E-state index contributed by atoms with van der Waals surface area (Å²) in [6.07, 6.45) is 1.57. The molecular weight excluding hydrogens is 296 g/mol. The number of hydrogen-bond donors (Lipinski definition) is 2. The van der Waals surface area contributed by atoms with Crippen LogP contribution in [-0.4, -0.2) is 29.5 Å². The van der Waals surface area contributed by atoms with Gasteiger partial charge in [-0.1, -0.05) is 30.3 Å². The molecule has 0 fully saturated rings. The first kappa shape index (κ1) is 14.5. The highest BCUT2D eigenvalue weighted by molar-refractivity contribution is 6.03. The minimum atomic E-state index is 0.0132. The zero-order valence-corrected chi connectivity index (χ0v) is 12.3. The number of nitrogen functional groups attached to an aromatic ring is 1. The van der Waals surface area contributed by atoms with E-state index in [4.69, 9.17) is 16.2 Å². The number of amidine groups is 1. The summed E-state index contributed by atoms with van der Waals surface area (Å²) in [4.78, 5) is 0. The largest absolute Gasteiger partial charge is 0.496 e. The molecule has 0 radical (unpaired) electrons. The number of nitrogens with zero attached hydrogens (tertiary/aromatic N) is 4. The fourth-order valence-electron chi connectivity index (χ4n) is 2.16. The topological polar surface area (TPSA) is 125 Å². The lowest BCUT2D eigenvalue weighted by molar-refractivity contribution is 0.308. The second-order valence-corrected chi connectivity index (χ2v) is 4.63. The third-order valence-electron chi connectivity index (χ3n) is 3.26. The molecule has 0 aliphatic carbocycles. The van der Waals surface area contributed by atoms with Crippen LogP contribution in [-0.2, 0) is 0 Å². The molecule has 23 heavy (non-hydrogen) atoms. The van der Waals surface area contributed by atoms with Gasteiger partial charge in [-0.05, 0) is 27.2 Å². The van der Waals surface area contributed by atoms with Gasteiger partial charge in [0.1, 0.15) is 5.75 Å². The second kappa shape index (κ2) is 6.14. The van der Waals surface area contributed by atoms with Crippen LogP contribution < -0.4 is 16.2 Å². The van der Waals surface area contributed by atoms with Gasteiger partial charge in [-0.15, -0.1) is 5.10 Å². The molecule has 8 heteroatoms. The molecule has 1 heterocycles. The van der Waals surface area contributed by atoms with E-state index in [1.54, 1.807) is 13.3 Å². The SMILES string of the molecule is COc1ccc2ccccc2c1C=NN=C(N)c1nonc1N. The Labute approximate surface area is 131 Å². The van der Waals surface area contributed by atoms with Gasteiger partial charge < -0.3 is 16.2 Å². The Kier molecular flexibility index (Phi) is 3.88. The first-order chi connectivity index (χ1) is 11.2. The number of hydrogen-bond acceptors (Lipinski definition) is 7. The van der Waals surface area contributed by atoms with Crippen LogP contribution in [0.1, 0.15) is 11.3 Å². The van der Waals surface area contributed by atoms with E-state index in [0.29, 0.717) is 5.75 Å². The van der Waals surface area contributed by atoms with Crippen LogP contribution >= 0.6 is 0 Å². The van der Waals surface area contributed by atoms with Crippen molar-refractivity contribution in [2.75, 3.05) is 12.8 Å². The molecule has 0 saturated heterocycles. The number of benzene rings is 2. The van der Waals surface area contributed by atoms with Crippen LogP contribution in [0.4, 0.5) is 5.82 Å². The Balaban J connectivity index is 1.99. The number of methoxy groups -OCH3 is 1. The molecule has 3 rings (SSSR count). The molecule has 0 bridgehead atoms. The lowest BCUT2D eigenvalue weighted by Gasteiger charge is -2.07. The molecule has 2 aromatic carbocycles. The van der Waals surface area contributed by atoms with Crippen molar-refractivity contribution in [1.82, 2.24) is 10.3 Å². The fraction of sp³-hybridized carbons (Fsp3) is 0.0667. The summed E-state index contributed by atoms with van der Waals surface area (Å²) in [7, 11) is 1.60. The van der Waals surface area contributed by atoms with Crippen LogP contribution in [0.15, 0.2) is 51.2 Å². The Morgan fingerprint density at radius 1 is 1.22 bits per heavy atom. The quantitative estimate of drug-likeness (QED) is 0.428. The molecule has 0 saturated carbocycles. The number of nitrogens with two attached hydrogens (primary N) is 2. The fourth-order valence-corrected chi connectivity index (χ4v) is 2.16. The number of rotatable bonds is 4. The van der Waals surface area contributed by atoms with Gasteiger partial charge in [0.2, 0.25) is 0 Å². The molecule has 8 nitrogen and oxygen atoms in total. The van der Waals surface area contributed by atoms with Crippen molar-refractivity contribution >= 4 is 28.6 Å². The van der Waals surface area contributed by atoms with Crippen molar-refractivity contribution < 1.29 is 9.37 Å². The van der Waals surface area contributed by atoms with E-state index in [2.05, 4.69) is 25.1 Å². The Hall–Kier alpha value is -3.42. The zero-order chi connectivity index (χ0) is 16.2. The molecule has 0 atom stereocenters. The van der Waals surface area contributed by atoms with Crippen molar-refractivity contribution in [3.8, 4) is 5.75 Å². The standard InChI is InChI=1S/C15H14N6O2/c1-22-12-7-6-9-4-2-3-5-10(9)11(12)8-18-19-14(16)13-15(17)21-23-20-13/h2-8H,1H3,(H2,16,19)(H2,17,21). The highest BCUT2D eigenvalue weighted by Gasteiger charge is 2.10. The van der Waals surface area contributed by atoms with Gasteiger partial charge in [0.25, 0.3) is 0 Å². The van der Waals surface area contributed by atoms with E-state index in [0.717, 1.165) is 16.3 Å². The highest BCUT2D eigenvalue weighted by atomic mass is 16.6. The number of ether oxygens (including phenoxy) is 1. The van der Waals surface area contributed by atoms with E-state index in [9.17, 15) is 0 Å². The number of aromatic nitrogens is 2. The summed E-state index contributed by atoms with van der Waals surface area (Å²) in [6, 6.07) is 11.7. The van der Waals surface area contributed by atoms with Gasteiger partial charge in [-0.25, -0.2) is 4.63 Å². The molecule has 0 spiro atoms. The van der Waals surface area contributed by atoms with Crippen molar-refractivity contribution in [2.24, 2.45) is 15.9 Å². The molecular formula is C15H14N6O2. The van der Waals surface area contributed by atoms with Gasteiger partial charge in [0.05, 0.1) is 13.3 Å². The van der Waals surface area contributed by atoms with E-state index >= 15 is 0 Å². The van der Waals surface area contributed by atoms with Gasteiger partial charge in [-0.3, -0.25) is 0 Å². The molecule has 0 aliphatic heterocycles. The number of anilines is 1. The lowest BCUT2D eigenvalue weighted by Crippen LogP contribution is -2.15. The maximum Gasteiger partial charge on any atom is 0.199 e. The van der Waals surface area contributed by atoms with Gasteiger partial charge in [0, 0.05) is 5.56 Å². The Bertz CT molecular complexity index is 900. The summed E-state index contributed by atoms with van der Waals surface area (Å²) < 4.78 is 9.84. The van der Waals surface area contributed by atoms with Gasteiger partial charge in [-0.2, -0.15) is 5.10 Å². The second-order valence-electron chi connectivity index (χ2n) is 4.63. The van der Waals surface area contributed by atoms with Crippen LogP contribution in [0, 0.1) is 0 Å². The summed E-state index contributed by atoms with van der Waals surface area (Å²) in [5.74, 6) is 0.757. The Morgan fingerprint density at radius 2 is 2.04 bits per heavy atom. The first-order valence-electron chi connectivity index (χ1n) is 6.71. The molecule has 1 aromatic heterocycles. The molecule has 0 aliphatic rings. The maximum absolute atomic E-state index is 5.75. The van der Waals surface area contributed by atoms with E-state index in [1.807, 2.05) is 36.4 Å². The Morgan fingerprint density at radius 3 is 2.78 bits per heavy atom. The smallest absolute Gasteiger partial charge is 0.199 e. The third kappa shape index (κ3) is 2.82. The first-order valence-corrected chi connectivity index (χ1v) is 6.71. The number of fused-ring (bicyclic) bond motifs is 1. The molecule has 4 N–H and O–H groups in total. The lowest BCUT2D eigenvalue weighted by atomic mass is 10.0. The predicted octanol–water partition coefficient (Wildman–Crippen LogP) is 1.55. The van der Waals surface area contributed by atoms with Crippen LogP contribution in [0.5, 0.6) is 5.75 Å². The average molecular weight is 310 g/mol. The summed E-state index contributed by atoms with van der Waals surface area (Å²) in [5.41, 5.74) is 12.3. The van der Waals surface area contributed by atoms with E-state index in [1.165, 1.54) is 0 Å². The average Bonchev–Trinajstić information content (AvgIpc) is 3.01. The van der Waals surface area contributed by atoms with Crippen LogP contribution in [0.3, 0.4) is 0 Å². The minimum Gasteiger partial charge on any atom is -0.496 e. The molecule has 0 amide bonds.